The van der Waals surface area contributed by atoms with Gasteiger partial charge in [-0.1, -0.05) is 41.1 Å². The van der Waals surface area contributed by atoms with Crippen molar-refractivity contribution in [2.24, 2.45) is 0 Å². The Morgan fingerprint density at radius 3 is 2.19 bits per heavy atom. The molecule has 112 valence electrons. The number of halogens is 3. The Morgan fingerprint density at radius 1 is 0.952 bits per heavy atom. The van der Waals surface area contributed by atoms with Crippen LogP contribution in [0.2, 0.25) is 0 Å². The highest BCUT2D eigenvalue weighted by Crippen LogP contribution is 2.15. The van der Waals surface area contributed by atoms with Gasteiger partial charge in [-0.15, -0.1) is 0 Å². The molecule has 21 heavy (non-hydrogen) atoms. The van der Waals surface area contributed by atoms with Gasteiger partial charge >= 0.3 is 0 Å². The number of nitrogens with one attached hydrogen (secondary N) is 1. The standard InChI is InChI=1S/C17H18BrF2N/c1-2-21-15(9-12-3-6-14(18)7-4-12)10-13-5-8-16(19)17(20)11-13/h3-8,11,15,21H,2,9-10H2,1H3. The molecule has 1 unspecified atom stereocenters. The molecule has 0 aliphatic heterocycles. The van der Waals surface area contributed by atoms with E-state index in [-0.39, 0.29) is 6.04 Å². The van der Waals surface area contributed by atoms with Crippen molar-refractivity contribution >= 4 is 15.9 Å². The first-order valence-electron chi connectivity index (χ1n) is 7.00. The van der Waals surface area contributed by atoms with Gasteiger partial charge in [0.15, 0.2) is 11.6 Å². The van der Waals surface area contributed by atoms with Crippen LogP contribution in [0.15, 0.2) is 46.9 Å². The molecule has 2 rings (SSSR count). The maximum absolute atomic E-state index is 13.3. The summed E-state index contributed by atoms with van der Waals surface area (Å²) in [5.41, 5.74) is 2.02. The molecule has 0 heterocycles. The fraction of sp³-hybridized carbons (Fsp3) is 0.294. The smallest absolute Gasteiger partial charge is 0.159 e. The Morgan fingerprint density at radius 2 is 1.57 bits per heavy atom. The van der Waals surface area contributed by atoms with Crippen molar-refractivity contribution in [3.63, 3.8) is 0 Å². The molecule has 0 fully saturated rings. The quantitative estimate of drug-likeness (QED) is 0.806. The third-order valence-corrected chi connectivity index (χ3v) is 3.88. The summed E-state index contributed by atoms with van der Waals surface area (Å²) in [7, 11) is 0. The fourth-order valence-corrected chi connectivity index (χ4v) is 2.63. The summed E-state index contributed by atoms with van der Waals surface area (Å²) in [6, 6.07) is 12.5. The Balaban J connectivity index is 2.07. The van der Waals surface area contributed by atoms with Crippen molar-refractivity contribution in [2.45, 2.75) is 25.8 Å². The van der Waals surface area contributed by atoms with Gasteiger partial charge in [-0.25, -0.2) is 8.78 Å². The van der Waals surface area contributed by atoms with Gasteiger partial charge in [0.2, 0.25) is 0 Å². The molecular weight excluding hydrogens is 336 g/mol. The fourth-order valence-electron chi connectivity index (χ4n) is 2.36. The molecule has 0 aliphatic rings. The number of rotatable bonds is 6. The molecule has 0 aromatic heterocycles. The van der Waals surface area contributed by atoms with Crippen LogP contribution < -0.4 is 5.32 Å². The van der Waals surface area contributed by atoms with E-state index in [0.717, 1.165) is 23.0 Å². The molecule has 0 saturated heterocycles. The average Bonchev–Trinajstić information content (AvgIpc) is 2.46. The largest absolute Gasteiger partial charge is 0.314 e. The second kappa shape index (κ2) is 7.66. The predicted octanol–water partition coefficient (Wildman–Crippen LogP) is 4.49. The minimum atomic E-state index is -0.799. The lowest BCUT2D eigenvalue weighted by atomic mass is 9.99. The normalized spacial score (nSPS) is 12.4. The van der Waals surface area contributed by atoms with E-state index >= 15 is 0 Å². The van der Waals surface area contributed by atoms with Crippen molar-refractivity contribution in [3.8, 4) is 0 Å². The summed E-state index contributed by atoms with van der Waals surface area (Å²) in [5, 5.41) is 3.40. The highest BCUT2D eigenvalue weighted by molar-refractivity contribution is 9.10. The van der Waals surface area contributed by atoms with E-state index in [1.807, 2.05) is 19.1 Å². The molecule has 1 N–H and O–H groups in total. The van der Waals surface area contributed by atoms with Crippen LogP contribution in [-0.2, 0) is 12.8 Å². The third-order valence-electron chi connectivity index (χ3n) is 3.35. The summed E-state index contributed by atoms with van der Waals surface area (Å²) in [5.74, 6) is -1.59. The highest BCUT2D eigenvalue weighted by atomic mass is 79.9. The molecule has 4 heteroatoms. The maximum atomic E-state index is 13.3. The lowest BCUT2D eigenvalue weighted by molar-refractivity contribution is 0.498. The van der Waals surface area contributed by atoms with Crippen LogP contribution in [0.25, 0.3) is 0 Å². The minimum absolute atomic E-state index is 0.195. The minimum Gasteiger partial charge on any atom is -0.314 e. The van der Waals surface area contributed by atoms with E-state index < -0.39 is 11.6 Å². The average molecular weight is 354 g/mol. The van der Waals surface area contributed by atoms with E-state index in [0.29, 0.717) is 6.42 Å². The topological polar surface area (TPSA) is 12.0 Å². The van der Waals surface area contributed by atoms with Crippen LogP contribution in [-0.4, -0.2) is 12.6 Å². The Bertz CT molecular complexity index is 584. The van der Waals surface area contributed by atoms with Crippen molar-refractivity contribution < 1.29 is 8.78 Å². The molecule has 2 aromatic rings. The van der Waals surface area contributed by atoms with Crippen molar-refractivity contribution in [1.82, 2.24) is 5.32 Å². The van der Waals surface area contributed by atoms with E-state index in [9.17, 15) is 8.78 Å². The van der Waals surface area contributed by atoms with Gasteiger partial charge in [-0.2, -0.15) is 0 Å². The second-order valence-corrected chi connectivity index (χ2v) is 5.95. The van der Waals surface area contributed by atoms with Gasteiger partial charge in [0.25, 0.3) is 0 Å². The molecule has 0 amide bonds. The summed E-state index contributed by atoms with van der Waals surface area (Å²) < 4.78 is 27.3. The maximum Gasteiger partial charge on any atom is 0.159 e. The SMILES string of the molecule is CCNC(Cc1ccc(Br)cc1)Cc1ccc(F)c(F)c1. The summed E-state index contributed by atoms with van der Waals surface area (Å²) in [4.78, 5) is 0. The first-order valence-corrected chi connectivity index (χ1v) is 7.79. The van der Waals surface area contributed by atoms with Crippen LogP contribution in [0.5, 0.6) is 0 Å². The molecule has 0 saturated carbocycles. The zero-order valence-electron chi connectivity index (χ0n) is 11.9. The zero-order chi connectivity index (χ0) is 15.2. The predicted molar refractivity (Wildman–Crippen MR) is 85.4 cm³/mol. The van der Waals surface area contributed by atoms with Gasteiger partial charge in [0, 0.05) is 10.5 Å². The molecule has 0 aliphatic carbocycles. The Kier molecular flexibility index (Phi) is 5.88. The van der Waals surface area contributed by atoms with Gasteiger partial charge in [0.1, 0.15) is 0 Å². The number of hydrogen-bond donors (Lipinski definition) is 1. The van der Waals surface area contributed by atoms with E-state index in [4.69, 9.17) is 0 Å². The third kappa shape index (κ3) is 4.90. The lowest BCUT2D eigenvalue weighted by Crippen LogP contribution is -2.33. The van der Waals surface area contributed by atoms with Gasteiger partial charge < -0.3 is 5.32 Å². The number of hydrogen-bond acceptors (Lipinski definition) is 1. The number of benzene rings is 2. The molecule has 0 radical (unpaired) electrons. The highest BCUT2D eigenvalue weighted by Gasteiger charge is 2.11. The van der Waals surface area contributed by atoms with E-state index in [1.165, 1.54) is 17.7 Å². The van der Waals surface area contributed by atoms with Crippen LogP contribution in [0.3, 0.4) is 0 Å². The van der Waals surface area contributed by atoms with Crippen LogP contribution in [0.4, 0.5) is 8.78 Å². The molecule has 0 spiro atoms. The molecule has 2 aromatic carbocycles. The second-order valence-electron chi connectivity index (χ2n) is 5.04. The summed E-state index contributed by atoms with van der Waals surface area (Å²) >= 11 is 3.42. The van der Waals surface area contributed by atoms with Gasteiger partial charge in [0.05, 0.1) is 0 Å². The van der Waals surface area contributed by atoms with E-state index in [1.54, 1.807) is 6.07 Å². The van der Waals surface area contributed by atoms with Crippen LogP contribution in [0, 0.1) is 11.6 Å². The van der Waals surface area contributed by atoms with Crippen LogP contribution in [0.1, 0.15) is 18.1 Å². The first kappa shape index (κ1) is 16.1. The Hall–Kier alpha value is -1.26. The summed E-state index contributed by atoms with van der Waals surface area (Å²) in [6.45, 7) is 2.88. The first-order chi connectivity index (χ1) is 10.1. The van der Waals surface area contributed by atoms with Crippen LogP contribution >= 0.6 is 15.9 Å². The lowest BCUT2D eigenvalue weighted by Gasteiger charge is -2.18. The zero-order valence-corrected chi connectivity index (χ0v) is 13.5. The van der Waals surface area contributed by atoms with E-state index in [2.05, 4.69) is 33.4 Å². The molecular formula is C17H18BrF2N. The molecule has 1 nitrogen and oxygen atoms in total. The van der Waals surface area contributed by atoms with Crippen molar-refractivity contribution in [1.29, 1.82) is 0 Å². The van der Waals surface area contributed by atoms with Crippen molar-refractivity contribution in [3.05, 3.63) is 69.7 Å². The van der Waals surface area contributed by atoms with Gasteiger partial charge in [-0.3, -0.25) is 0 Å². The monoisotopic (exact) mass is 353 g/mol. The number of likely N-dealkylation sites (N-methyl/N-ethyl adjacent to an activating group) is 1. The molecule has 1 atom stereocenters. The van der Waals surface area contributed by atoms with Gasteiger partial charge in [-0.05, 0) is 54.8 Å². The summed E-state index contributed by atoms with van der Waals surface area (Å²) in [6.07, 6.45) is 1.52. The Labute approximate surface area is 132 Å². The van der Waals surface area contributed by atoms with Crippen molar-refractivity contribution in [2.75, 3.05) is 6.54 Å². The molecule has 0 bridgehead atoms.